The van der Waals surface area contributed by atoms with E-state index in [1.165, 1.54) is 103 Å². The van der Waals surface area contributed by atoms with Crippen molar-refractivity contribution >= 4 is 10.1 Å². The summed E-state index contributed by atoms with van der Waals surface area (Å²) in [6.45, 7) is 5.98. The molecule has 0 aliphatic rings. The molecule has 0 amide bonds. The number of rotatable bonds is 18. The number of hydroxylamine groups is 4. The summed E-state index contributed by atoms with van der Waals surface area (Å²) in [6, 6.07) is 5.69. The van der Waals surface area contributed by atoms with Gasteiger partial charge in [-0.2, -0.15) is 10.4 Å². The van der Waals surface area contributed by atoms with E-state index in [1.807, 2.05) is 13.8 Å². The molecule has 0 heterocycles. The molecule has 0 aliphatic heterocycles. The van der Waals surface area contributed by atoms with Crippen LogP contribution in [0.15, 0.2) is 41.3 Å². The fourth-order valence-electron chi connectivity index (χ4n) is 3.64. The summed E-state index contributed by atoms with van der Waals surface area (Å²) in [5.74, 6) is 0. The zero-order valence-electron chi connectivity index (χ0n) is 22.6. The molecule has 0 aromatic heterocycles. The normalized spacial score (nSPS) is 13.0. The quantitative estimate of drug-likeness (QED) is 0.0683. The summed E-state index contributed by atoms with van der Waals surface area (Å²) in [6.07, 6.45) is 24.0. The summed E-state index contributed by atoms with van der Waals surface area (Å²) in [4.78, 5) is -1.08. The Labute approximate surface area is 215 Å². The molecule has 1 unspecified atom stereocenters. The van der Waals surface area contributed by atoms with Gasteiger partial charge in [0.2, 0.25) is 0 Å². The number of benzene rings is 1. The van der Waals surface area contributed by atoms with Crippen LogP contribution in [-0.4, -0.2) is 41.3 Å². The Bertz CT molecular complexity index is 755. The highest BCUT2D eigenvalue weighted by atomic mass is 32.2. The van der Waals surface area contributed by atoms with Gasteiger partial charge in [-0.3, -0.25) is 0 Å². The van der Waals surface area contributed by atoms with Gasteiger partial charge in [0.1, 0.15) is 23.2 Å². The molecule has 35 heavy (non-hydrogen) atoms. The van der Waals surface area contributed by atoms with Gasteiger partial charge in [-0.05, 0) is 62.9 Å². The minimum Gasteiger partial charge on any atom is -0.744 e. The van der Waals surface area contributed by atoms with Gasteiger partial charge < -0.3 is 4.55 Å². The molecule has 0 aliphatic carbocycles. The maximum Gasteiger partial charge on any atom is 0.149 e. The van der Waals surface area contributed by atoms with E-state index >= 15 is 0 Å². The highest BCUT2D eigenvalue weighted by Gasteiger charge is 2.24. The van der Waals surface area contributed by atoms with Gasteiger partial charge in [0.05, 0.1) is 4.90 Å². The molecule has 0 saturated heterocycles. The third-order valence-electron chi connectivity index (χ3n) is 6.28. The lowest BCUT2D eigenvalue weighted by Gasteiger charge is -2.23. The molecule has 204 valence electrons. The molecule has 7 heteroatoms. The fourth-order valence-corrected chi connectivity index (χ4v) is 4.11. The number of hydrogen-bond donors (Lipinski definition) is 2. The Morgan fingerprint density at radius 2 is 1.26 bits per heavy atom. The number of nitrogens with zero attached hydrogens (tertiary/aromatic N) is 1. The van der Waals surface area contributed by atoms with Gasteiger partial charge in [0.25, 0.3) is 0 Å². The van der Waals surface area contributed by atoms with Crippen LogP contribution in [0.1, 0.15) is 116 Å². The summed E-state index contributed by atoms with van der Waals surface area (Å²) < 4.78 is 31.2. The van der Waals surface area contributed by atoms with Crippen molar-refractivity contribution in [3.8, 4) is 0 Å². The Kier molecular flexibility index (Phi) is 19.2. The van der Waals surface area contributed by atoms with Gasteiger partial charge in [-0.15, -0.1) is 0 Å². The molecular weight excluding hydrogens is 462 g/mol. The average Bonchev–Trinajstić information content (AvgIpc) is 2.78. The van der Waals surface area contributed by atoms with E-state index < -0.39 is 14.9 Å². The van der Waals surface area contributed by atoms with Crippen molar-refractivity contribution in [2.24, 2.45) is 0 Å². The van der Waals surface area contributed by atoms with Crippen molar-refractivity contribution < 1.29 is 28.2 Å². The predicted molar refractivity (Wildman–Crippen MR) is 142 cm³/mol. The zero-order valence-corrected chi connectivity index (χ0v) is 23.4. The zero-order chi connectivity index (χ0) is 26.6. The first kappa shape index (κ1) is 33.8. The fraction of sp³-hybridized carbons (Fsp3) is 0.714. The second-order valence-electron chi connectivity index (χ2n) is 9.82. The van der Waals surface area contributed by atoms with Crippen LogP contribution in [0.25, 0.3) is 0 Å². The summed E-state index contributed by atoms with van der Waals surface area (Å²) >= 11 is 0. The summed E-state index contributed by atoms with van der Waals surface area (Å²) in [7, 11) is -2.85. The highest BCUT2D eigenvalue weighted by Crippen LogP contribution is 2.14. The molecule has 0 bridgehead atoms. The first-order valence-electron chi connectivity index (χ1n) is 13.5. The van der Waals surface area contributed by atoms with Crippen LogP contribution in [0.3, 0.4) is 0 Å². The molecule has 1 rings (SSSR count). The molecule has 0 fully saturated rings. The van der Waals surface area contributed by atoms with E-state index in [4.69, 9.17) is 0 Å². The SMILES string of the molecule is CCCCCCCC/C=C\CCCCCCCCC(C)[N+](C)(O)O.Cc1ccc(S(=O)(=O)[O-])cc1. The van der Waals surface area contributed by atoms with Gasteiger partial charge in [-0.1, -0.05) is 94.6 Å². The third-order valence-corrected chi connectivity index (χ3v) is 7.13. The van der Waals surface area contributed by atoms with Crippen molar-refractivity contribution in [3.63, 3.8) is 0 Å². The van der Waals surface area contributed by atoms with Crippen molar-refractivity contribution in [2.75, 3.05) is 7.05 Å². The van der Waals surface area contributed by atoms with Crippen LogP contribution in [0, 0.1) is 6.92 Å². The first-order valence-corrected chi connectivity index (χ1v) is 14.9. The van der Waals surface area contributed by atoms with E-state index in [1.54, 1.807) is 12.1 Å². The number of unbranched alkanes of at least 4 members (excludes halogenated alkanes) is 12. The number of aryl methyl sites for hydroxylation is 1. The summed E-state index contributed by atoms with van der Waals surface area (Å²) in [5, 5.41) is 18.8. The first-order chi connectivity index (χ1) is 16.5. The number of allylic oxidation sites excluding steroid dienone is 2. The minimum absolute atomic E-state index is 0.0956. The van der Waals surface area contributed by atoms with E-state index in [0.29, 0.717) is 0 Å². The van der Waals surface area contributed by atoms with Gasteiger partial charge in [0, 0.05) is 6.42 Å². The standard InChI is InChI=1S/C21H44NO2.C7H8O3S/c1-4-5-6-7-8-9-10-11-12-13-14-15-16-17-18-19-20-21(2)22(3,23)24;1-6-2-4-7(5-3-6)11(8,9)10/h11-12,21,23-24H,4-10,13-20H2,1-3H3;2-5H,1H3,(H,8,9,10)/q+1;/p-1/b12-11-;. The molecule has 1 atom stereocenters. The van der Waals surface area contributed by atoms with Crippen LogP contribution in [0.2, 0.25) is 0 Å². The van der Waals surface area contributed by atoms with Crippen molar-refractivity contribution in [3.05, 3.63) is 42.0 Å². The lowest BCUT2D eigenvalue weighted by Crippen LogP contribution is -2.44. The van der Waals surface area contributed by atoms with Crippen LogP contribution in [0.4, 0.5) is 0 Å². The van der Waals surface area contributed by atoms with Gasteiger partial charge in [-0.25, -0.2) is 8.42 Å². The molecule has 2 N–H and O–H groups in total. The second kappa shape index (κ2) is 19.9. The van der Waals surface area contributed by atoms with Crippen molar-refractivity contribution in [2.45, 2.75) is 128 Å². The Hall–Kier alpha value is -1.25. The predicted octanol–water partition coefficient (Wildman–Crippen LogP) is 7.93. The van der Waals surface area contributed by atoms with Gasteiger partial charge in [0.15, 0.2) is 0 Å². The Balaban J connectivity index is 0.000000867. The smallest absolute Gasteiger partial charge is 0.149 e. The van der Waals surface area contributed by atoms with E-state index in [-0.39, 0.29) is 10.9 Å². The number of quaternary nitrogens is 1. The maximum absolute atomic E-state index is 10.4. The van der Waals surface area contributed by atoms with Gasteiger partial charge >= 0.3 is 0 Å². The van der Waals surface area contributed by atoms with E-state index in [9.17, 15) is 23.4 Å². The monoisotopic (exact) mass is 513 g/mol. The van der Waals surface area contributed by atoms with Crippen LogP contribution < -0.4 is 0 Å². The molecule has 0 saturated carbocycles. The Morgan fingerprint density at radius 3 is 1.69 bits per heavy atom. The van der Waals surface area contributed by atoms with Crippen molar-refractivity contribution in [1.82, 2.24) is 0 Å². The topological polar surface area (TPSA) is 97.7 Å². The van der Waals surface area contributed by atoms with Crippen LogP contribution >= 0.6 is 0 Å². The molecule has 6 nitrogen and oxygen atoms in total. The molecule has 0 radical (unpaired) electrons. The minimum atomic E-state index is -4.27. The Morgan fingerprint density at radius 1 is 0.829 bits per heavy atom. The second-order valence-corrected chi connectivity index (χ2v) is 11.2. The molecular formula is C28H51NO5S. The average molecular weight is 514 g/mol. The van der Waals surface area contributed by atoms with E-state index in [0.717, 1.165) is 18.4 Å². The van der Waals surface area contributed by atoms with Crippen LogP contribution in [-0.2, 0) is 10.1 Å². The lowest BCUT2D eigenvalue weighted by molar-refractivity contribution is -1.25. The molecule has 1 aromatic carbocycles. The molecule has 1 aromatic rings. The molecule has 0 spiro atoms. The van der Waals surface area contributed by atoms with Crippen molar-refractivity contribution in [1.29, 1.82) is 0 Å². The van der Waals surface area contributed by atoms with E-state index in [2.05, 4.69) is 19.1 Å². The lowest BCUT2D eigenvalue weighted by atomic mass is 10.1. The highest BCUT2D eigenvalue weighted by molar-refractivity contribution is 7.85. The third kappa shape index (κ3) is 20.6. The maximum atomic E-state index is 10.4. The van der Waals surface area contributed by atoms with Crippen LogP contribution in [0.5, 0.6) is 0 Å². The number of hydrogen-bond acceptors (Lipinski definition) is 5. The largest absolute Gasteiger partial charge is 0.744 e. The summed E-state index contributed by atoms with van der Waals surface area (Å²) in [5.41, 5.74) is 0.928.